The molecule has 0 saturated heterocycles. The number of nitriles is 1. The lowest BCUT2D eigenvalue weighted by molar-refractivity contribution is -0.115. The zero-order valence-corrected chi connectivity index (χ0v) is 8.47. The Labute approximate surface area is 88.4 Å². The van der Waals surface area contributed by atoms with E-state index in [1.807, 2.05) is 0 Å². The van der Waals surface area contributed by atoms with Crippen molar-refractivity contribution in [2.45, 2.75) is 13.3 Å². The Kier molecular flexibility index (Phi) is 3.83. The normalized spacial score (nSPS) is 9.40. The summed E-state index contributed by atoms with van der Waals surface area (Å²) >= 11 is 0. The molecule has 0 unspecified atom stereocenters. The van der Waals surface area contributed by atoms with Crippen molar-refractivity contribution in [1.29, 1.82) is 5.26 Å². The number of aliphatic hydroxyl groups is 1. The molecular formula is C11H12N2O2. The highest BCUT2D eigenvalue weighted by Gasteiger charge is 2.09. The Morgan fingerprint density at radius 1 is 1.47 bits per heavy atom. The van der Waals surface area contributed by atoms with Crippen molar-refractivity contribution in [2.75, 3.05) is 11.5 Å². The maximum absolute atomic E-state index is 11.0. The van der Waals surface area contributed by atoms with E-state index >= 15 is 0 Å². The fraction of sp³-hybridized carbons (Fsp3) is 0.273. The maximum Gasteiger partial charge on any atom is 0.237 e. The van der Waals surface area contributed by atoms with Crippen molar-refractivity contribution in [2.24, 2.45) is 0 Å². The van der Waals surface area contributed by atoms with Gasteiger partial charge in [0.2, 0.25) is 5.91 Å². The molecule has 4 nitrogen and oxygen atoms in total. The van der Waals surface area contributed by atoms with Gasteiger partial charge in [0, 0.05) is 13.5 Å². The Morgan fingerprint density at radius 2 is 2.07 bits per heavy atom. The topological polar surface area (TPSA) is 64.3 Å². The molecule has 0 spiro atoms. The molecule has 1 rings (SSSR count). The van der Waals surface area contributed by atoms with E-state index in [9.17, 15) is 4.79 Å². The van der Waals surface area contributed by atoms with Gasteiger partial charge in [0.25, 0.3) is 0 Å². The first-order valence-electron chi connectivity index (χ1n) is 4.59. The van der Waals surface area contributed by atoms with Crippen molar-refractivity contribution in [1.82, 2.24) is 0 Å². The number of hydrogen-bond donors (Lipinski definition) is 1. The molecule has 1 N–H and O–H groups in total. The lowest BCUT2D eigenvalue weighted by Crippen LogP contribution is -2.22. The molecule has 1 amide bonds. The van der Waals surface area contributed by atoms with Gasteiger partial charge in [-0.05, 0) is 24.1 Å². The number of amides is 1. The molecule has 0 bridgehead atoms. The van der Waals surface area contributed by atoms with Crippen LogP contribution in [0.5, 0.6) is 0 Å². The first-order valence-corrected chi connectivity index (χ1v) is 4.59. The van der Waals surface area contributed by atoms with Crippen LogP contribution in [0.15, 0.2) is 24.3 Å². The van der Waals surface area contributed by atoms with Gasteiger partial charge in [-0.2, -0.15) is 5.26 Å². The first-order chi connectivity index (χ1) is 7.19. The summed E-state index contributed by atoms with van der Waals surface area (Å²) < 4.78 is 0. The second kappa shape index (κ2) is 5.13. The zero-order chi connectivity index (χ0) is 11.3. The van der Waals surface area contributed by atoms with Gasteiger partial charge in [0.1, 0.15) is 0 Å². The Hall–Kier alpha value is -1.86. The second-order valence-corrected chi connectivity index (χ2v) is 3.09. The summed E-state index contributed by atoms with van der Waals surface area (Å²) in [4.78, 5) is 12.1. The van der Waals surface area contributed by atoms with Gasteiger partial charge in [-0.25, -0.2) is 4.90 Å². The van der Waals surface area contributed by atoms with Crippen LogP contribution in [0, 0.1) is 11.5 Å². The van der Waals surface area contributed by atoms with Crippen LogP contribution in [0.2, 0.25) is 0 Å². The quantitative estimate of drug-likeness (QED) is 0.591. The van der Waals surface area contributed by atoms with Crippen LogP contribution < -0.4 is 4.90 Å². The molecule has 0 aliphatic rings. The molecule has 15 heavy (non-hydrogen) atoms. The van der Waals surface area contributed by atoms with Crippen LogP contribution in [0.25, 0.3) is 0 Å². The third-order valence-electron chi connectivity index (χ3n) is 2.01. The van der Waals surface area contributed by atoms with Crippen molar-refractivity contribution in [3.63, 3.8) is 0 Å². The molecule has 0 radical (unpaired) electrons. The van der Waals surface area contributed by atoms with E-state index in [1.165, 1.54) is 6.92 Å². The number of benzene rings is 1. The number of carbonyl (C=O) groups excluding carboxylic acids is 1. The van der Waals surface area contributed by atoms with Gasteiger partial charge >= 0.3 is 0 Å². The molecule has 1 aromatic rings. The summed E-state index contributed by atoms with van der Waals surface area (Å²) in [7, 11) is 0. The van der Waals surface area contributed by atoms with E-state index in [2.05, 4.69) is 0 Å². The second-order valence-electron chi connectivity index (χ2n) is 3.09. The Balaban J connectivity index is 2.88. The summed E-state index contributed by atoms with van der Waals surface area (Å²) in [6.07, 6.45) is 2.38. The third-order valence-corrected chi connectivity index (χ3v) is 2.01. The molecule has 0 atom stereocenters. The molecule has 0 heterocycles. The van der Waals surface area contributed by atoms with Crippen molar-refractivity contribution in [3.05, 3.63) is 29.8 Å². The summed E-state index contributed by atoms with van der Waals surface area (Å²) in [6, 6.07) is 6.96. The number of rotatable bonds is 3. The molecule has 0 aromatic heterocycles. The van der Waals surface area contributed by atoms with E-state index in [0.717, 1.165) is 10.5 Å². The number of hydrogen-bond acceptors (Lipinski definition) is 3. The molecule has 78 valence electrons. The van der Waals surface area contributed by atoms with E-state index in [0.29, 0.717) is 12.1 Å². The lowest BCUT2D eigenvalue weighted by atomic mass is 10.1. The molecule has 0 aliphatic carbocycles. The molecule has 0 aliphatic heterocycles. The molecule has 4 heteroatoms. The number of anilines is 1. The highest BCUT2D eigenvalue weighted by molar-refractivity contribution is 5.94. The average Bonchev–Trinajstić information content (AvgIpc) is 2.21. The van der Waals surface area contributed by atoms with E-state index in [-0.39, 0.29) is 12.5 Å². The monoisotopic (exact) mass is 204 g/mol. The fourth-order valence-corrected chi connectivity index (χ4v) is 1.25. The molecule has 1 aromatic carbocycles. The van der Waals surface area contributed by atoms with E-state index in [4.69, 9.17) is 10.4 Å². The van der Waals surface area contributed by atoms with E-state index in [1.54, 1.807) is 30.5 Å². The predicted molar refractivity (Wildman–Crippen MR) is 56.0 cm³/mol. The van der Waals surface area contributed by atoms with Crippen molar-refractivity contribution in [3.8, 4) is 6.19 Å². The van der Waals surface area contributed by atoms with Crippen molar-refractivity contribution >= 4 is 11.6 Å². The standard InChI is InChI=1S/C11H12N2O2/c1-9(15)13(8-12)11-4-2-10(3-5-11)6-7-14/h2-5,14H,6-7H2,1H3. The molecule has 0 fully saturated rings. The zero-order valence-electron chi connectivity index (χ0n) is 8.47. The van der Waals surface area contributed by atoms with Gasteiger partial charge < -0.3 is 5.11 Å². The predicted octanol–water partition coefficient (Wildman–Crippen LogP) is 1.06. The highest BCUT2D eigenvalue weighted by atomic mass is 16.2. The fourth-order valence-electron chi connectivity index (χ4n) is 1.25. The smallest absolute Gasteiger partial charge is 0.237 e. The van der Waals surface area contributed by atoms with Crippen LogP contribution in [0.4, 0.5) is 5.69 Å². The highest BCUT2D eigenvalue weighted by Crippen LogP contribution is 2.14. The average molecular weight is 204 g/mol. The van der Waals surface area contributed by atoms with E-state index < -0.39 is 0 Å². The number of nitrogens with zero attached hydrogens (tertiary/aromatic N) is 2. The minimum Gasteiger partial charge on any atom is -0.396 e. The summed E-state index contributed by atoms with van der Waals surface area (Å²) in [6.45, 7) is 1.43. The third kappa shape index (κ3) is 2.79. The SMILES string of the molecule is CC(=O)N(C#N)c1ccc(CCO)cc1. The lowest BCUT2D eigenvalue weighted by Gasteiger charge is -2.11. The minimum absolute atomic E-state index is 0.0913. The van der Waals surface area contributed by atoms with Crippen LogP contribution in [0.1, 0.15) is 12.5 Å². The van der Waals surface area contributed by atoms with Gasteiger partial charge in [-0.1, -0.05) is 12.1 Å². The van der Waals surface area contributed by atoms with Crippen LogP contribution in [0.3, 0.4) is 0 Å². The van der Waals surface area contributed by atoms with Gasteiger partial charge in [0.05, 0.1) is 5.69 Å². The largest absolute Gasteiger partial charge is 0.396 e. The minimum atomic E-state index is -0.313. The van der Waals surface area contributed by atoms with Gasteiger partial charge in [0.15, 0.2) is 6.19 Å². The van der Waals surface area contributed by atoms with Crippen LogP contribution in [-0.4, -0.2) is 17.6 Å². The van der Waals surface area contributed by atoms with Gasteiger partial charge in [-0.3, -0.25) is 4.79 Å². The van der Waals surface area contributed by atoms with Crippen LogP contribution >= 0.6 is 0 Å². The first kappa shape index (κ1) is 11.2. The van der Waals surface area contributed by atoms with Crippen molar-refractivity contribution < 1.29 is 9.90 Å². The van der Waals surface area contributed by atoms with Crippen LogP contribution in [-0.2, 0) is 11.2 Å². The Morgan fingerprint density at radius 3 is 2.47 bits per heavy atom. The van der Waals surface area contributed by atoms with Gasteiger partial charge in [-0.15, -0.1) is 0 Å². The number of carbonyl (C=O) groups is 1. The summed E-state index contributed by atoms with van der Waals surface area (Å²) in [5, 5.41) is 17.5. The summed E-state index contributed by atoms with van der Waals surface area (Å²) in [5.41, 5.74) is 1.52. The number of aliphatic hydroxyl groups excluding tert-OH is 1. The summed E-state index contributed by atoms with van der Waals surface area (Å²) in [5.74, 6) is -0.313. The molecule has 0 saturated carbocycles. The maximum atomic E-state index is 11.0. The molecular weight excluding hydrogens is 192 g/mol. The Bertz CT molecular complexity index is 379.